The standard InChI is InChI=1S/C8H6F3NO2/c9-8(10,11)6-2-1-4-5(13)3-14-7(4)12-6/h1-2,5,13H,3H2. The van der Waals surface area contributed by atoms with E-state index in [9.17, 15) is 18.3 Å². The van der Waals surface area contributed by atoms with Crippen LogP contribution in [0.25, 0.3) is 0 Å². The molecule has 0 amide bonds. The van der Waals surface area contributed by atoms with E-state index in [4.69, 9.17) is 4.74 Å². The molecule has 0 fully saturated rings. The van der Waals surface area contributed by atoms with E-state index < -0.39 is 18.0 Å². The van der Waals surface area contributed by atoms with Gasteiger partial charge in [-0.1, -0.05) is 0 Å². The van der Waals surface area contributed by atoms with Crippen LogP contribution in [0.5, 0.6) is 5.88 Å². The molecule has 0 radical (unpaired) electrons. The van der Waals surface area contributed by atoms with E-state index in [1.54, 1.807) is 0 Å². The maximum atomic E-state index is 12.2. The molecule has 1 atom stereocenters. The summed E-state index contributed by atoms with van der Waals surface area (Å²) in [6.07, 6.45) is -5.36. The Bertz CT molecular complexity index is 364. The molecule has 1 N–H and O–H groups in total. The van der Waals surface area contributed by atoms with Crippen molar-refractivity contribution < 1.29 is 23.0 Å². The second-order valence-electron chi connectivity index (χ2n) is 2.92. The van der Waals surface area contributed by atoms with Gasteiger partial charge in [0.1, 0.15) is 18.4 Å². The molecule has 6 heteroatoms. The molecule has 1 aliphatic heterocycles. The van der Waals surface area contributed by atoms with Gasteiger partial charge in [0.15, 0.2) is 0 Å². The second kappa shape index (κ2) is 2.84. The smallest absolute Gasteiger partial charge is 0.433 e. The van der Waals surface area contributed by atoms with E-state index >= 15 is 0 Å². The number of fused-ring (bicyclic) bond motifs is 1. The Kier molecular flexibility index (Phi) is 1.88. The van der Waals surface area contributed by atoms with Crippen LogP contribution in [0.15, 0.2) is 12.1 Å². The number of alkyl halides is 3. The third-order valence-electron chi connectivity index (χ3n) is 1.92. The number of ether oxygens (including phenoxy) is 1. The Labute approximate surface area is 77.1 Å². The molecule has 0 saturated heterocycles. The second-order valence-corrected chi connectivity index (χ2v) is 2.92. The summed E-state index contributed by atoms with van der Waals surface area (Å²) in [6.45, 7) is -0.0381. The van der Waals surface area contributed by atoms with Crippen LogP contribution >= 0.6 is 0 Å². The lowest BCUT2D eigenvalue weighted by atomic mass is 10.2. The van der Waals surface area contributed by atoms with Crippen molar-refractivity contribution >= 4 is 0 Å². The molecule has 0 aliphatic carbocycles. The van der Waals surface area contributed by atoms with Crippen molar-refractivity contribution in [1.29, 1.82) is 0 Å². The van der Waals surface area contributed by atoms with Gasteiger partial charge in [-0.2, -0.15) is 13.2 Å². The largest absolute Gasteiger partial charge is 0.474 e. The lowest BCUT2D eigenvalue weighted by Gasteiger charge is -2.06. The first-order chi connectivity index (χ1) is 6.48. The van der Waals surface area contributed by atoms with Crippen molar-refractivity contribution in [3.8, 4) is 5.88 Å². The minimum atomic E-state index is -4.48. The third kappa shape index (κ3) is 1.41. The number of pyridine rings is 1. The van der Waals surface area contributed by atoms with Crippen LogP contribution in [0.2, 0.25) is 0 Å². The molecule has 1 aliphatic rings. The van der Waals surface area contributed by atoms with Gasteiger partial charge in [-0.15, -0.1) is 0 Å². The van der Waals surface area contributed by atoms with Gasteiger partial charge in [-0.25, -0.2) is 4.98 Å². The highest BCUT2D eigenvalue weighted by molar-refractivity contribution is 5.34. The maximum absolute atomic E-state index is 12.2. The summed E-state index contributed by atoms with van der Waals surface area (Å²) in [4.78, 5) is 3.27. The van der Waals surface area contributed by atoms with Gasteiger partial charge in [0, 0.05) is 5.56 Å². The van der Waals surface area contributed by atoms with Gasteiger partial charge in [0.2, 0.25) is 5.88 Å². The van der Waals surface area contributed by atoms with Crippen LogP contribution in [0.4, 0.5) is 13.2 Å². The Balaban J connectivity index is 2.42. The van der Waals surface area contributed by atoms with Gasteiger partial charge in [0.05, 0.1) is 0 Å². The normalized spacial score (nSPS) is 20.4. The summed E-state index contributed by atoms with van der Waals surface area (Å²) in [5.41, 5.74) is -0.705. The van der Waals surface area contributed by atoms with Gasteiger partial charge >= 0.3 is 6.18 Å². The van der Waals surface area contributed by atoms with E-state index in [0.717, 1.165) is 6.07 Å². The molecule has 1 aromatic rings. The van der Waals surface area contributed by atoms with Gasteiger partial charge < -0.3 is 9.84 Å². The maximum Gasteiger partial charge on any atom is 0.433 e. The first-order valence-corrected chi connectivity index (χ1v) is 3.87. The number of hydrogen-bond acceptors (Lipinski definition) is 3. The number of halogens is 3. The first kappa shape index (κ1) is 9.26. The minimum Gasteiger partial charge on any atom is -0.474 e. The van der Waals surface area contributed by atoms with Crippen LogP contribution in [-0.4, -0.2) is 16.7 Å². The van der Waals surface area contributed by atoms with Crippen LogP contribution < -0.4 is 4.74 Å². The van der Waals surface area contributed by atoms with Gasteiger partial charge in [-0.3, -0.25) is 0 Å². The number of rotatable bonds is 0. The van der Waals surface area contributed by atoms with Crippen LogP contribution in [0.1, 0.15) is 17.4 Å². The molecule has 0 saturated carbocycles. The molecular weight excluding hydrogens is 199 g/mol. The topological polar surface area (TPSA) is 42.4 Å². The summed E-state index contributed by atoms with van der Waals surface area (Å²) in [7, 11) is 0. The zero-order valence-corrected chi connectivity index (χ0v) is 6.88. The highest BCUT2D eigenvalue weighted by Crippen LogP contribution is 2.35. The Morgan fingerprint density at radius 1 is 1.43 bits per heavy atom. The van der Waals surface area contributed by atoms with Crippen molar-refractivity contribution in [2.75, 3.05) is 6.61 Å². The highest BCUT2D eigenvalue weighted by atomic mass is 19.4. The highest BCUT2D eigenvalue weighted by Gasteiger charge is 2.35. The monoisotopic (exact) mass is 205 g/mol. The Hall–Kier alpha value is -1.30. The Morgan fingerprint density at radius 2 is 2.14 bits per heavy atom. The minimum absolute atomic E-state index is 0.0381. The summed E-state index contributed by atoms with van der Waals surface area (Å²) in [6, 6.07) is 2.01. The number of hydrogen-bond donors (Lipinski definition) is 1. The van der Waals surface area contributed by atoms with Gasteiger partial charge in [-0.05, 0) is 12.1 Å². The SMILES string of the molecule is OC1COc2nc(C(F)(F)F)ccc21. The van der Waals surface area contributed by atoms with Crippen molar-refractivity contribution in [2.24, 2.45) is 0 Å². The fourth-order valence-corrected chi connectivity index (χ4v) is 1.23. The summed E-state index contributed by atoms with van der Waals surface area (Å²) >= 11 is 0. The summed E-state index contributed by atoms with van der Waals surface area (Å²) in [5, 5.41) is 9.23. The van der Waals surface area contributed by atoms with Crippen molar-refractivity contribution in [2.45, 2.75) is 12.3 Å². The zero-order valence-electron chi connectivity index (χ0n) is 6.88. The average Bonchev–Trinajstić information content (AvgIpc) is 2.46. The van der Waals surface area contributed by atoms with Crippen molar-refractivity contribution in [1.82, 2.24) is 4.98 Å². The van der Waals surface area contributed by atoms with Crippen molar-refractivity contribution in [3.05, 3.63) is 23.4 Å². The van der Waals surface area contributed by atoms with E-state index in [-0.39, 0.29) is 12.5 Å². The predicted molar refractivity (Wildman–Crippen MR) is 39.7 cm³/mol. The van der Waals surface area contributed by atoms with Crippen molar-refractivity contribution in [3.63, 3.8) is 0 Å². The fourth-order valence-electron chi connectivity index (χ4n) is 1.23. The fraction of sp³-hybridized carbons (Fsp3) is 0.375. The lowest BCUT2D eigenvalue weighted by molar-refractivity contribution is -0.141. The van der Waals surface area contributed by atoms with E-state index in [2.05, 4.69) is 4.98 Å². The Morgan fingerprint density at radius 3 is 2.79 bits per heavy atom. The molecule has 1 unspecified atom stereocenters. The molecule has 1 aromatic heterocycles. The number of aliphatic hydroxyl groups is 1. The number of aromatic nitrogens is 1. The molecule has 14 heavy (non-hydrogen) atoms. The molecule has 0 bridgehead atoms. The van der Waals surface area contributed by atoms with E-state index in [1.165, 1.54) is 6.07 Å². The molecule has 76 valence electrons. The quantitative estimate of drug-likeness (QED) is 0.698. The molecule has 2 heterocycles. The van der Waals surface area contributed by atoms with E-state index in [0.29, 0.717) is 5.56 Å². The number of aliphatic hydroxyl groups excluding tert-OH is 1. The predicted octanol–water partition coefficient (Wildman–Crippen LogP) is 1.53. The van der Waals surface area contributed by atoms with E-state index in [1.807, 2.05) is 0 Å². The summed E-state index contributed by atoms with van der Waals surface area (Å²) in [5.74, 6) is -0.132. The average molecular weight is 205 g/mol. The number of nitrogens with zero attached hydrogens (tertiary/aromatic N) is 1. The molecule has 0 spiro atoms. The molecule has 3 nitrogen and oxygen atoms in total. The van der Waals surface area contributed by atoms with Crippen LogP contribution in [0, 0.1) is 0 Å². The third-order valence-corrected chi connectivity index (χ3v) is 1.92. The van der Waals surface area contributed by atoms with Crippen LogP contribution in [0.3, 0.4) is 0 Å². The zero-order chi connectivity index (χ0) is 10.3. The molecular formula is C8H6F3NO2. The van der Waals surface area contributed by atoms with Gasteiger partial charge in [0.25, 0.3) is 0 Å². The lowest BCUT2D eigenvalue weighted by Crippen LogP contribution is -2.08. The van der Waals surface area contributed by atoms with Crippen LogP contribution in [-0.2, 0) is 6.18 Å². The molecule has 0 aromatic carbocycles. The molecule has 2 rings (SSSR count). The summed E-state index contributed by atoms with van der Waals surface area (Å²) < 4.78 is 41.3. The first-order valence-electron chi connectivity index (χ1n) is 3.87.